The quantitative estimate of drug-likeness (QED) is 0.425. The van der Waals surface area contributed by atoms with Gasteiger partial charge in [0.2, 0.25) is 17.6 Å². The number of nitrogens with one attached hydrogen (secondary N) is 1. The highest BCUT2D eigenvalue weighted by Gasteiger charge is 2.21. The first kappa shape index (κ1) is 16.0. The Hall–Kier alpha value is -3.45. The van der Waals surface area contributed by atoms with Crippen molar-refractivity contribution in [3.63, 3.8) is 0 Å². The van der Waals surface area contributed by atoms with Crippen molar-refractivity contribution >= 4 is 5.88 Å². The van der Waals surface area contributed by atoms with Crippen LogP contribution in [0.1, 0.15) is 11.1 Å². The maximum absolute atomic E-state index is 5.70. The van der Waals surface area contributed by atoms with Gasteiger partial charge in [-0.15, -0.1) is 0 Å². The molecule has 0 amide bonds. The van der Waals surface area contributed by atoms with Crippen LogP contribution in [0, 0.1) is 13.8 Å². The van der Waals surface area contributed by atoms with E-state index in [-0.39, 0.29) is 11.8 Å². The Bertz CT molecular complexity index is 1030. The lowest BCUT2D eigenvalue weighted by Crippen LogP contribution is -2.06. The van der Waals surface area contributed by atoms with E-state index in [1.54, 1.807) is 0 Å². The average molecular weight is 347 g/mol. The van der Waals surface area contributed by atoms with Crippen molar-refractivity contribution in [2.75, 3.05) is 5.43 Å². The first-order chi connectivity index (χ1) is 12.6. The second kappa shape index (κ2) is 6.45. The van der Waals surface area contributed by atoms with Crippen LogP contribution in [-0.2, 0) is 0 Å². The lowest BCUT2D eigenvalue weighted by atomic mass is 10.1. The number of hydrogen-bond acceptors (Lipinski definition) is 7. The molecule has 3 N–H and O–H groups in total. The summed E-state index contributed by atoms with van der Waals surface area (Å²) in [7, 11) is 0. The maximum atomic E-state index is 5.70. The minimum atomic E-state index is 0.232. The Kier molecular flexibility index (Phi) is 3.98. The fourth-order valence-electron chi connectivity index (χ4n) is 2.52. The lowest BCUT2D eigenvalue weighted by Gasteiger charge is -1.96. The molecule has 4 rings (SSSR count). The minimum Gasteiger partial charge on any atom is -0.418 e. The van der Waals surface area contributed by atoms with E-state index in [2.05, 4.69) is 20.6 Å². The van der Waals surface area contributed by atoms with Gasteiger partial charge in [0, 0.05) is 11.1 Å². The molecule has 7 nitrogen and oxygen atoms in total. The molecular weight excluding hydrogens is 330 g/mol. The third-order valence-corrected chi connectivity index (χ3v) is 4.00. The number of nitrogen functional groups attached to an aromatic ring is 1. The van der Waals surface area contributed by atoms with E-state index in [1.165, 1.54) is 0 Å². The maximum Gasteiger partial charge on any atom is 0.282 e. The second-order valence-electron chi connectivity index (χ2n) is 6.00. The van der Waals surface area contributed by atoms with Gasteiger partial charge >= 0.3 is 0 Å². The molecule has 2 aromatic carbocycles. The predicted octanol–water partition coefficient (Wildman–Crippen LogP) is 3.96. The van der Waals surface area contributed by atoms with Crippen LogP contribution in [0.4, 0.5) is 5.88 Å². The third kappa shape index (κ3) is 2.96. The van der Waals surface area contributed by atoms with E-state index < -0.39 is 0 Å². The van der Waals surface area contributed by atoms with Crippen molar-refractivity contribution in [2.45, 2.75) is 13.8 Å². The van der Waals surface area contributed by atoms with Gasteiger partial charge < -0.3 is 8.94 Å². The van der Waals surface area contributed by atoms with Crippen molar-refractivity contribution in [1.82, 2.24) is 15.1 Å². The number of aromatic nitrogens is 3. The highest BCUT2D eigenvalue weighted by Crippen LogP contribution is 2.32. The van der Waals surface area contributed by atoms with Crippen LogP contribution in [0.5, 0.6) is 0 Å². The zero-order valence-electron chi connectivity index (χ0n) is 14.4. The number of hydrazine groups is 1. The monoisotopic (exact) mass is 347 g/mol. The molecule has 2 heterocycles. The number of oxazole rings is 1. The van der Waals surface area contributed by atoms with Crippen molar-refractivity contribution in [3.05, 3.63) is 59.7 Å². The fourth-order valence-corrected chi connectivity index (χ4v) is 2.52. The summed E-state index contributed by atoms with van der Waals surface area (Å²) >= 11 is 0. The van der Waals surface area contributed by atoms with Crippen molar-refractivity contribution in [2.24, 2.45) is 5.84 Å². The molecule has 0 bridgehead atoms. The van der Waals surface area contributed by atoms with Gasteiger partial charge in [0.05, 0.1) is 0 Å². The number of anilines is 1. The zero-order chi connectivity index (χ0) is 18.1. The van der Waals surface area contributed by atoms with Crippen LogP contribution >= 0.6 is 0 Å². The van der Waals surface area contributed by atoms with Crippen LogP contribution < -0.4 is 11.3 Å². The van der Waals surface area contributed by atoms with Gasteiger partial charge in [-0.3, -0.25) is 5.43 Å². The summed E-state index contributed by atoms with van der Waals surface area (Å²) in [6, 6.07) is 15.7. The SMILES string of the molecule is Cc1ccc(-c2noc(-c3nc(-c4ccc(C)cc4)oc3NN)n2)cc1. The Morgan fingerprint density at radius 1 is 0.808 bits per heavy atom. The Morgan fingerprint density at radius 2 is 1.42 bits per heavy atom. The van der Waals surface area contributed by atoms with Crippen LogP contribution in [0.15, 0.2) is 57.5 Å². The summed E-state index contributed by atoms with van der Waals surface area (Å²) in [6.07, 6.45) is 0. The molecule has 130 valence electrons. The number of hydrogen-bond donors (Lipinski definition) is 2. The van der Waals surface area contributed by atoms with Gasteiger partial charge in [0.15, 0.2) is 5.69 Å². The molecule has 0 radical (unpaired) electrons. The highest BCUT2D eigenvalue weighted by atomic mass is 16.5. The highest BCUT2D eigenvalue weighted by molar-refractivity contribution is 5.69. The van der Waals surface area contributed by atoms with E-state index >= 15 is 0 Å². The molecular formula is C19H17N5O2. The molecule has 0 saturated heterocycles. The number of nitrogens with zero attached hydrogens (tertiary/aromatic N) is 3. The van der Waals surface area contributed by atoms with E-state index in [9.17, 15) is 0 Å². The summed E-state index contributed by atoms with van der Waals surface area (Å²) in [5.41, 5.74) is 6.86. The average Bonchev–Trinajstić information content (AvgIpc) is 3.30. The standard InChI is InChI=1S/C19H17N5O2/c1-11-3-7-13(8-4-11)16-22-18(26-24-16)15-19(23-20)25-17(21-15)14-9-5-12(2)6-10-14/h3-10,23H,20H2,1-2H3. The second-order valence-corrected chi connectivity index (χ2v) is 6.00. The largest absolute Gasteiger partial charge is 0.418 e. The van der Waals surface area contributed by atoms with Gasteiger partial charge in [-0.05, 0) is 26.0 Å². The fraction of sp³-hybridized carbons (Fsp3) is 0.105. The molecule has 0 unspecified atom stereocenters. The summed E-state index contributed by atoms with van der Waals surface area (Å²) in [4.78, 5) is 8.88. The molecule has 0 aliphatic carbocycles. The van der Waals surface area contributed by atoms with Crippen LogP contribution in [0.3, 0.4) is 0 Å². The smallest absolute Gasteiger partial charge is 0.282 e. The van der Waals surface area contributed by atoms with Crippen molar-refractivity contribution in [1.29, 1.82) is 0 Å². The van der Waals surface area contributed by atoms with E-state index in [1.807, 2.05) is 62.4 Å². The Balaban J connectivity index is 1.71. The van der Waals surface area contributed by atoms with Crippen LogP contribution in [0.2, 0.25) is 0 Å². The molecule has 0 saturated carbocycles. The molecule has 7 heteroatoms. The summed E-state index contributed by atoms with van der Waals surface area (Å²) in [6.45, 7) is 4.04. The molecule has 26 heavy (non-hydrogen) atoms. The van der Waals surface area contributed by atoms with Gasteiger partial charge in [-0.1, -0.05) is 52.7 Å². The van der Waals surface area contributed by atoms with Crippen molar-refractivity contribution in [3.8, 4) is 34.4 Å². The molecule has 4 aromatic rings. The lowest BCUT2D eigenvalue weighted by molar-refractivity contribution is 0.431. The molecule has 0 spiro atoms. The summed E-state index contributed by atoms with van der Waals surface area (Å²) in [5.74, 6) is 6.95. The van der Waals surface area contributed by atoms with Crippen molar-refractivity contribution < 1.29 is 8.94 Å². The first-order valence-corrected chi connectivity index (χ1v) is 8.09. The molecule has 0 aliphatic rings. The van der Waals surface area contributed by atoms with Gasteiger partial charge in [-0.25, -0.2) is 10.8 Å². The Morgan fingerprint density at radius 3 is 2.04 bits per heavy atom. The number of rotatable bonds is 4. The molecule has 0 atom stereocenters. The van der Waals surface area contributed by atoms with Gasteiger partial charge in [0.25, 0.3) is 5.89 Å². The van der Waals surface area contributed by atoms with Crippen LogP contribution in [-0.4, -0.2) is 15.1 Å². The zero-order valence-corrected chi connectivity index (χ0v) is 14.4. The topological polar surface area (TPSA) is 103 Å². The number of nitrogens with two attached hydrogens (primary N) is 1. The Labute approximate surface area is 149 Å². The van der Waals surface area contributed by atoms with Gasteiger partial charge in [0.1, 0.15) is 0 Å². The molecule has 0 aliphatic heterocycles. The normalized spacial score (nSPS) is 10.9. The van der Waals surface area contributed by atoms with Gasteiger partial charge in [-0.2, -0.15) is 4.98 Å². The van der Waals surface area contributed by atoms with E-state index in [4.69, 9.17) is 14.8 Å². The first-order valence-electron chi connectivity index (χ1n) is 8.09. The number of aryl methyl sites for hydroxylation is 2. The predicted molar refractivity (Wildman–Crippen MR) is 98.0 cm³/mol. The molecule has 2 aromatic heterocycles. The third-order valence-electron chi connectivity index (χ3n) is 4.00. The minimum absolute atomic E-state index is 0.232. The molecule has 0 fully saturated rings. The van der Waals surface area contributed by atoms with E-state index in [0.29, 0.717) is 17.4 Å². The summed E-state index contributed by atoms with van der Waals surface area (Å²) < 4.78 is 11.1. The summed E-state index contributed by atoms with van der Waals surface area (Å²) in [5, 5.41) is 4.03. The number of benzene rings is 2. The van der Waals surface area contributed by atoms with E-state index in [0.717, 1.165) is 22.3 Å². The van der Waals surface area contributed by atoms with Crippen LogP contribution in [0.25, 0.3) is 34.4 Å².